The van der Waals surface area contributed by atoms with Crippen molar-refractivity contribution in [3.63, 3.8) is 0 Å². The highest BCUT2D eigenvalue weighted by molar-refractivity contribution is 5.51. The third-order valence-corrected chi connectivity index (χ3v) is 2.29. The Kier molecular flexibility index (Phi) is 4.08. The molecule has 0 heterocycles. The van der Waals surface area contributed by atoms with Gasteiger partial charge >= 0.3 is 6.18 Å². The molecule has 0 fully saturated rings. The SMILES string of the molecule is CCN(CF)c1cc(F)c(F)c(C(F)(F)F)c1F. The summed E-state index contributed by atoms with van der Waals surface area (Å²) in [4.78, 5) is 0.507. The highest BCUT2D eigenvalue weighted by Gasteiger charge is 2.41. The van der Waals surface area contributed by atoms with Crippen molar-refractivity contribution in [2.24, 2.45) is 0 Å². The van der Waals surface area contributed by atoms with Crippen molar-refractivity contribution in [2.75, 3.05) is 18.2 Å². The first-order valence-electron chi connectivity index (χ1n) is 4.79. The standard InChI is InChI=1S/C10H8F7N/c1-2-18(4-11)6-3-5(12)8(13)7(9(6)14)10(15,16)17/h3H,2,4H2,1H3. The molecule has 1 aromatic carbocycles. The molecule has 0 atom stereocenters. The van der Waals surface area contributed by atoms with E-state index in [1.54, 1.807) is 0 Å². The summed E-state index contributed by atoms with van der Waals surface area (Å²) < 4.78 is 89.0. The maximum absolute atomic E-state index is 13.5. The number of hydrogen-bond acceptors (Lipinski definition) is 1. The lowest BCUT2D eigenvalue weighted by molar-refractivity contribution is -0.142. The van der Waals surface area contributed by atoms with Crippen LogP contribution in [0.1, 0.15) is 12.5 Å². The van der Waals surface area contributed by atoms with Gasteiger partial charge in [0.25, 0.3) is 0 Å². The molecule has 102 valence electrons. The van der Waals surface area contributed by atoms with E-state index in [9.17, 15) is 30.7 Å². The summed E-state index contributed by atoms with van der Waals surface area (Å²) >= 11 is 0. The van der Waals surface area contributed by atoms with Crippen molar-refractivity contribution in [3.05, 3.63) is 29.1 Å². The van der Waals surface area contributed by atoms with Crippen LogP contribution < -0.4 is 4.90 Å². The summed E-state index contributed by atoms with van der Waals surface area (Å²) in [6.45, 7) is -0.195. The Hall–Kier alpha value is -1.47. The number of alkyl halides is 4. The Morgan fingerprint density at radius 1 is 1.11 bits per heavy atom. The highest BCUT2D eigenvalue weighted by atomic mass is 19.4. The summed E-state index contributed by atoms with van der Waals surface area (Å²) in [6.07, 6.45) is -5.40. The number of anilines is 1. The lowest BCUT2D eigenvalue weighted by Gasteiger charge is -2.22. The third kappa shape index (κ3) is 2.51. The zero-order chi connectivity index (χ0) is 14.1. The van der Waals surface area contributed by atoms with Crippen LogP contribution in [0.5, 0.6) is 0 Å². The molecule has 8 heteroatoms. The molecule has 0 aliphatic carbocycles. The van der Waals surface area contributed by atoms with Gasteiger partial charge in [0.05, 0.1) is 5.69 Å². The molecule has 0 spiro atoms. The molecule has 0 amide bonds. The maximum atomic E-state index is 13.5. The van der Waals surface area contributed by atoms with E-state index in [1.807, 2.05) is 0 Å². The molecule has 1 aromatic rings. The van der Waals surface area contributed by atoms with Crippen LogP contribution in [0.3, 0.4) is 0 Å². The molecule has 0 N–H and O–H groups in total. The van der Waals surface area contributed by atoms with Crippen molar-refractivity contribution in [2.45, 2.75) is 13.1 Å². The number of hydrogen-bond donors (Lipinski definition) is 0. The van der Waals surface area contributed by atoms with Gasteiger partial charge in [-0.1, -0.05) is 0 Å². The second-order valence-corrected chi connectivity index (χ2v) is 3.35. The average molecular weight is 275 g/mol. The van der Waals surface area contributed by atoms with Crippen molar-refractivity contribution in [1.82, 2.24) is 0 Å². The Morgan fingerprint density at radius 3 is 2.06 bits per heavy atom. The van der Waals surface area contributed by atoms with Gasteiger partial charge < -0.3 is 4.90 Å². The largest absolute Gasteiger partial charge is 0.422 e. The smallest absolute Gasteiger partial charge is 0.342 e. The van der Waals surface area contributed by atoms with Gasteiger partial charge in [-0.15, -0.1) is 0 Å². The van der Waals surface area contributed by atoms with Crippen molar-refractivity contribution >= 4 is 5.69 Å². The molecule has 18 heavy (non-hydrogen) atoms. The van der Waals surface area contributed by atoms with E-state index < -0.39 is 41.7 Å². The van der Waals surface area contributed by atoms with Gasteiger partial charge in [0.15, 0.2) is 24.3 Å². The topological polar surface area (TPSA) is 3.24 Å². The minimum atomic E-state index is -5.40. The fraction of sp³-hybridized carbons (Fsp3) is 0.400. The summed E-state index contributed by atoms with van der Waals surface area (Å²) in [5.41, 5.74) is -3.32. The van der Waals surface area contributed by atoms with E-state index in [4.69, 9.17) is 0 Å². The van der Waals surface area contributed by atoms with Gasteiger partial charge in [0.1, 0.15) is 5.56 Å². The number of rotatable bonds is 3. The Bertz CT molecular complexity index is 437. The molecule has 0 aliphatic heterocycles. The first kappa shape index (κ1) is 14.6. The van der Waals surface area contributed by atoms with Crippen LogP contribution in [0.4, 0.5) is 36.4 Å². The third-order valence-electron chi connectivity index (χ3n) is 2.29. The van der Waals surface area contributed by atoms with Gasteiger partial charge in [0.2, 0.25) is 0 Å². The van der Waals surface area contributed by atoms with E-state index in [0.29, 0.717) is 4.90 Å². The molecule has 0 radical (unpaired) electrons. The molecule has 0 saturated carbocycles. The normalized spacial score (nSPS) is 11.8. The van der Waals surface area contributed by atoms with Gasteiger partial charge in [-0.25, -0.2) is 17.6 Å². The monoisotopic (exact) mass is 275 g/mol. The van der Waals surface area contributed by atoms with Crippen LogP contribution in [0.2, 0.25) is 0 Å². The summed E-state index contributed by atoms with van der Waals surface area (Å²) in [7, 11) is 0. The molecule has 0 unspecified atom stereocenters. The first-order chi connectivity index (χ1) is 8.23. The van der Waals surface area contributed by atoms with Crippen molar-refractivity contribution < 1.29 is 30.7 Å². The second kappa shape index (κ2) is 5.03. The van der Waals surface area contributed by atoms with Crippen LogP contribution in [0, 0.1) is 17.5 Å². The predicted octanol–water partition coefficient (Wildman–Crippen LogP) is 3.88. The van der Waals surface area contributed by atoms with Gasteiger partial charge in [-0.05, 0) is 6.92 Å². The first-order valence-corrected chi connectivity index (χ1v) is 4.79. The lowest BCUT2D eigenvalue weighted by Crippen LogP contribution is -2.25. The fourth-order valence-corrected chi connectivity index (χ4v) is 1.39. The Balaban J connectivity index is 3.54. The van der Waals surface area contributed by atoms with Crippen LogP contribution in [0.25, 0.3) is 0 Å². The zero-order valence-electron chi connectivity index (χ0n) is 9.08. The maximum Gasteiger partial charge on any atom is 0.422 e. The molecule has 0 bridgehead atoms. The predicted molar refractivity (Wildman–Crippen MR) is 50.3 cm³/mol. The summed E-state index contributed by atoms with van der Waals surface area (Å²) in [6, 6.07) is 0.197. The Morgan fingerprint density at radius 2 is 1.67 bits per heavy atom. The number of halogens is 7. The lowest BCUT2D eigenvalue weighted by atomic mass is 10.1. The minimum Gasteiger partial charge on any atom is -0.342 e. The molecule has 1 nitrogen and oxygen atoms in total. The Labute approximate surface area is 97.8 Å². The van der Waals surface area contributed by atoms with E-state index in [1.165, 1.54) is 6.92 Å². The second-order valence-electron chi connectivity index (χ2n) is 3.35. The minimum absolute atomic E-state index is 0.197. The van der Waals surface area contributed by atoms with E-state index in [-0.39, 0.29) is 12.6 Å². The molecular formula is C10H8F7N. The molecular weight excluding hydrogens is 267 g/mol. The fourth-order valence-electron chi connectivity index (χ4n) is 1.39. The number of benzene rings is 1. The highest BCUT2D eigenvalue weighted by Crippen LogP contribution is 2.38. The van der Waals surface area contributed by atoms with Gasteiger partial charge in [-0.2, -0.15) is 13.2 Å². The van der Waals surface area contributed by atoms with Gasteiger partial charge in [-0.3, -0.25) is 0 Å². The van der Waals surface area contributed by atoms with Crippen molar-refractivity contribution in [3.8, 4) is 0 Å². The van der Waals surface area contributed by atoms with E-state index >= 15 is 0 Å². The van der Waals surface area contributed by atoms with Crippen LogP contribution >= 0.6 is 0 Å². The van der Waals surface area contributed by atoms with E-state index in [0.717, 1.165) is 0 Å². The molecule has 0 aliphatic rings. The van der Waals surface area contributed by atoms with Gasteiger partial charge in [0, 0.05) is 12.6 Å². The van der Waals surface area contributed by atoms with Crippen molar-refractivity contribution in [1.29, 1.82) is 0 Å². The average Bonchev–Trinajstić information content (AvgIpc) is 2.25. The van der Waals surface area contributed by atoms with Crippen LogP contribution in [-0.4, -0.2) is 13.3 Å². The molecule has 0 aromatic heterocycles. The number of nitrogens with zero attached hydrogens (tertiary/aromatic N) is 1. The van der Waals surface area contributed by atoms with Crippen LogP contribution in [0.15, 0.2) is 6.07 Å². The van der Waals surface area contributed by atoms with E-state index in [2.05, 4.69) is 0 Å². The molecule has 1 rings (SSSR count). The summed E-state index contributed by atoms with van der Waals surface area (Å²) in [5, 5.41) is 0. The zero-order valence-corrected chi connectivity index (χ0v) is 9.08. The molecule has 0 saturated heterocycles. The van der Waals surface area contributed by atoms with Crippen LogP contribution in [-0.2, 0) is 6.18 Å². The summed E-state index contributed by atoms with van der Waals surface area (Å²) in [5.74, 6) is -6.25. The quantitative estimate of drug-likeness (QED) is 0.460.